The number of methoxy groups -OCH3 is 1. The number of benzene rings is 1. The van der Waals surface area contributed by atoms with Crippen LogP contribution in [-0.2, 0) is 11.2 Å². The summed E-state index contributed by atoms with van der Waals surface area (Å²) in [6.07, 6.45) is 7.63. The minimum Gasteiger partial charge on any atom is -0.471 e. The van der Waals surface area contributed by atoms with Gasteiger partial charge in [0.25, 0.3) is 5.56 Å². The molecule has 1 spiro atoms. The lowest BCUT2D eigenvalue weighted by molar-refractivity contribution is 0.0816. The summed E-state index contributed by atoms with van der Waals surface area (Å²) in [5.74, 6) is 2.32. The number of anilines is 3. The number of nitrogens with zero attached hydrogens (tertiary/aromatic N) is 4. The number of hydrogen-bond donors (Lipinski definition) is 3. The van der Waals surface area contributed by atoms with Crippen molar-refractivity contribution >= 4 is 23.5 Å². The van der Waals surface area contributed by atoms with Crippen LogP contribution in [0.2, 0.25) is 0 Å². The second kappa shape index (κ2) is 9.47. The molecule has 2 aliphatic heterocycles. The van der Waals surface area contributed by atoms with Crippen molar-refractivity contribution in [1.82, 2.24) is 19.9 Å². The van der Waals surface area contributed by atoms with Crippen molar-refractivity contribution < 1.29 is 14.3 Å². The van der Waals surface area contributed by atoms with Gasteiger partial charge in [0.2, 0.25) is 11.8 Å². The van der Waals surface area contributed by atoms with E-state index in [0.717, 1.165) is 68.6 Å². The van der Waals surface area contributed by atoms with Crippen LogP contribution in [-0.4, -0.2) is 57.9 Å². The predicted octanol–water partition coefficient (Wildman–Crippen LogP) is 3.34. The van der Waals surface area contributed by atoms with Gasteiger partial charge in [-0.05, 0) is 62.8 Å². The molecule has 0 radical (unpaired) electrons. The Labute approximate surface area is 213 Å². The minimum atomic E-state index is -0.517. The van der Waals surface area contributed by atoms with Gasteiger partial charge in [-0.25, -0.2) is 14.8 Å². The Morgan fingerprint density at radius 3 is 2.59 bits per heavy atom. The van der Waals surface area contributed by atoms with Crippen LogP contribution in [0.25, 0.3) is 11.4 Å². The Morgan fingerprint density at radius 2 is 1.89 bits per heavy atom. The summed E-state index contributed by atoms with van der Waals surface area (Å²) in [5, 5.41) is 5.24. The molecule has 11 heteroatoms. The smallest absolute Gasteiger partial charge is 0.326 e. The van der Waals surface area contributed by atoms with Crippen LogP contribution < -0.4 is 25.8 Å². The number of amides is 2. The van der Waals surface area contributed by atoms with Crippen molar-refractivity contribution in [1.29, 1.82) is 0 Å². The van der Waals surface area contributed by atoms with E-state index in [0.29, 0.717) is 17.4 Å². The number of rotatable bonds is 5. The van der Waals surface area contributed by atoms with Crippen molar-refractivity contribution in [2.24, 2.45) is 0 Å². The lowest BCUT2D eigenvalue weighted by atomic mass is 10.0. The lowest BCUT2D eigenvalue weighted by Crippen LogP contribution is -2.38. The maximum absolute atomic E-state index is 12.3. The van der Waals surface area contributed by atoms with Crippen LogP contribution in [0.3, 0.4) is 0 Å². The van der Waals surface area contributed by atoms with Crippen LogP contribution in [0.4, 0.5) is 22.2 Å². The fraction of sp³-hybridized carbons (Fsp3) is 0.423. The van der Waals surface area contributed by atoms with E-state index < -0.39 is 6.03 Å². The van der Waals surface area contributed by atoms with E-state index >= 15 is 0 Å². The number of nitrogens with one attached hydrogen (secondary N) is 3. The average molecular weight is 504 g/mol. The number of piperidine rings is 1. The Kier molecular flexibility index (Phi) is 5.99. The molecule has 0 bridgehead atoms. The summed E-state index contributed by atoms with van der Waals surface area (Å²) < 4.78 is 12.0. The molecule has 6 rings (SSSR count). The number of fused-ring (bicyclic) bond motifs is 1. The highest BCUT2D eigenvalue weighted by molar-refractivity contribution is 5.98. The maximum Gasteiger partial charge on any atom is 0.326 e. The first kappa shape index (κ1) is 23.4. The van der Waals surface area contributed by atoms with E-state index in [1.54, 1.807) is 19.2 Å². The highest BCUT2D eigenvalue weighted by Gasteiger charge is 2.49. The third-order valence-electron chi connectivity index (χ3n) is 7.28. The Morgan fingerprint density at radius 1 is 1.11 bits per heavy atom. The third kappa shape index (κ3) is 4.99. The van der Waals surface area contributed by atoms with Crippen molar-refractivity contribution in [3.8, 4) is 17.3 Å². The first-order valence-corrected chi connectivity index (χ1v) is 12.6. The zero-order valence-corrected chi connectivity index (χ0v) is 20.6. The number of H-pyrrole nitrogens is 1. The van der Waals surface area contributed by atoms with Gasteiger partial charge >= 0.3 is 6.03 Å². The quantitative estimate of drug-likeness (QED) is 0.483. The molecule has 1 aliphatic carbocycles. The SMILES string of the molecule is COC1CCN(c2nc(-c3ccc(NC(=O)Nc4nccc(=O)[nH]4)cc3)nc3c2CCC2(CC2)O3)CC1. The monoisotopic (exact) mass is 503 g/mol. The van der Waals surface area contributed by atoms with Gasteiger partial charge in [-0.15, -0.1) is 0 Å². The topological polar surface area (TPSA) is 134 Å². The molecule has 4 heterocycles. The molecule has 2 aromatic heterocycles. The van der Waals surface area contributed by atoms with E-state index in [1.165, 1.54) is 12.3 Å². The van der Waals surface area contributed by atoms with Crippen molar-refractivity contribution in [3.63, 3.8) is 0 Å². The number of hydrogen-bond acceptors (Lipinski definition) is 8. The van der Waals surface area contributed by atoms with Crippen LogP contribution in [0.1, 0.15) is 37.7 Å². The predicted molar refractivity (Wildman–Crippen MR) is 138 cm³/mol. The molecule has 0 unspecified atom stereocenters. The molecule has 37 heavy (non-hydrogen) atoms. The second-order valence-corrected chi connectivity index (χ2v) is 9.80. The summed E-state index contributed by atoms with van der Waals surface area (Å²) in [6.45, 7) is 1.76. The van der Waals surface area contributed by atoms with E-state index in [-0.39, 0.29) is 23.2 Å². The summed E-state index contributed by atoms with van der Waals surface area (Å²) in [4.78, 5) is 42.2. The Balaban J connectivity index is 1.23. The van der Waals surface area contributed by atoms with Crippen LogP contribution in [0.5, 0.6) is 5.88 Å². The molecule has 3 aliphatic rings. The first-order chi connectivity index (χ1) is 18.0. The number of aromatic amines is 1. The highest BCUT2D eigenvalue weighted by Crippen LogP contribution is 2.49. The standard InChI is InChI=1S/C26H29N7O4/c1-36-18-8-14-33(15-9-18)22-19-6-10-26(11-12-26)37-23(19)31-21(30-22)16-2-4-17(5-3-16)28-25(35)32-24-27-13-7-20(34)29-24/h2-5,7,13,18H,6,8-12,14-15H2,1H3,(H3,27,28,29,32,34,35). The van der Waals surface area contributed by atoms with Gasteiger partial charge < -0.3 is 19.7 Å². The molecular weight excluding hydrogens is 474 g/mol. The maximum atomic E-state index is 12.3. The Hall–Kier alpha value is -3.99. The lowest BCUT2D eigenvalue weighted by Gasteiger charge is -2.35. The number of carbonyl (C=O) groups excluding carboxylic acids is 1. The summed E-state index contributed by atoms with van der Waals surface area (Å²) in [6, 6.07) is 8.06. The van der Waals surface area contributed by atoms with Gasteiger partial charge in [0.05, 0.1) is 11.7 Å². The molecule has 192 valence electrons. The van der Waals surface area contributed by atoms with Crippen LogP contribution >= 0.6 is 0 Å². The van der Waals surface area contributed by atoms with E-state index in [1.807, 2.05) is 12.1 Å². The molecule has 3 aromatic rings. The van der Waals surface area contributed by atoms with Gasteiger partial charge in [0.15, 0.2) is 5.82 Å². The van der Waals surface area contributed by atoms with E-state index in [2.05, 4.69) is 25.5 Å². The molecule has 1 saturated carbocycles. The zero-order valence-electron chi connectivity index (χ0n) is 20.6. The molecular formula is C26H29N7O4. The summed E-state index contributed by atoms with van der Waals surface area (Å²) >= 11 is 0. The fourth-order valence-electron chi connectivity index (χ4n) is 4.96. The molecule has 2 amide bonds. The summed E-state index contributed by atoms with van der Waals surface area (Å²) in [5.41, 5.74) is 2.11. The number of urea groups is 1. The molecule has 1 saturated heterocycles. The number of carbonyl (C=O) groups is 1. The van der Waals surface area contributed by atoms with E-state index in [4.69, 9.17) is 19.4 Å². The number of ether oxygens (including phenoxy) is 2. The highest BCUT2D eigenvalue weighted by atomic mass is 16.5. The van der Waals surface area contributed by atoms with Gasteiger partial charge in [-0.1, -0.05) is 0 Å². The van der Waals surface area contributed by atoms with Gasteiger partial charge in [-0.3, -0.25) is 15.1 Å². The van der Waals surface area contributed by atoms with Crippen molar-refractivity contribution in [2.75, 3.05) is 35.7 Å². The summed E-state index contributed by atoms with van der Waals surface area (Å²) in [7, 11) is 1.77. The molecule has 3 N–H and O–H groups in total. The zero-order chi connectivity index (χ0) is 25.4. The van der Waals surface area contributed by atoms with Gasteiger partial charge in [0.1, 0.15) is 11.4 Å². The Bertz CT molecular complexity index is 1360. The number of aromatic nitrogens is 4. The fourth-order valence-corrected chi connectivity index (χ4v) is 4.96. The van der Waals surface area contributed by atoms with Crippen molar-refractivity contribution in [2.45, 2.75) is 50.2 Å². The molecule has 0 atom stereocenters. The molecule has 1 aromatic carbocycles. The molecule has 11 nitrogen and oxygen atoms in total. The van der Waals surface area contributed by atoms with Gasteiger partial charge in [-0.2, -0.15) is 4.98 Å². The normalized spacial score (nSPS) is 18.1. The molecule has 2 fully saturated rings. The second-order valence-electron chi connectivity index (χ2n) is 9.80. The van der Waals surface area contributed by atoms with Crippen LogP contribution in [0, 0.1) is 0 Å². The van der Waals surface area contributed by atoms with E-state index in [9.17, 15) is 9.59 Å². The van der Waals surface area contributed by atoms with Gasteiger partial charge in [0, 0.05) is 43.7 Å². The first-order valence-electron chi connectivity index (χ1n) is 12.6. The van der Waals surface area contributed by atoms with Crippen LogP contribution in [0.15, 0.2) is 41.3 Å². The third-order valence-corrected chi connectivity index (χ3v) is 7.28. The largest absolute Gasteiger partial charge is 0.471 e. The average Bonchev–Trinajstić information content (AvgIpc) is 3.66. The van der Waals surface area contributed by atoms with Crippen molar-refractivity contribution in [3.05, 3.63) is 52.4 Å². The minimum absolute atomic E-state index is 0.0437.